The highest BCUT2D eigenvalue weighted by Crippen LogP contribution is 2.17. The minimum atomic E-state index is -0.874. The topological polar surface area (TPSA) is 104 Å². The van der Waals surface area contributed by atoms with Crippen molar-refractivity contribution in [3.63, 3.8) is 0 Å². The number of carbonyl (C=O) groups is 2. The molecule has 0 fully saturated rings. The van der Waals surface area contributed by atoms with Gasteiger partial charge in [-0.05, 0) is 13.3 Å². The number of aryl methyl sites for hydroxylation is 1. The van der Waals surface area contributed by atoms with Gasteiger partial charge in [0.15, 0.2) is 0 Å². The predicted octanol–water partition coefficient (Wildman–Crippen LogP) is 0.614. The van der Waals surface area contributed by atoms with E-state index < -0.39 is 11.9 Å². The Bertz CT molecular complexity index is 527. The number of hydrogen-bond acceptors (Lipinski definition) is 4. The van der Waals surface area contributed by atoms with Crippen molar-refractivity contribution in [2.75, 3.05) is 0 Å². The van der Waals surface area contributed by atoms with Gasteiger partial charge >= 0.3 is 12.0 Å². The van der Waals surface area contributed by atoms with Gasteiger partial charge < -0.3 is 15.7 Å². The fourth-order valence-corrected chi connectivity index (χ4v) is 1.89. The van der Waals surface area contributed by atoms with E-state index in [4.69, 9.17) is 5.11 Å². The lowest BCUT2D eigenvalue weighted by atomic mass is 10.1. The van der Waals surface area contributed by atoms with Crippen LogP contribution in [0.1, 0.15) is 17.8 Å². The third-order valence-corrected chi connectivity index (χ3v) is 2.98. The largest absolute Gasteiger partial charge is 0.481 e. The van der Waals surface area contributed by atoms with E-state index in [1.807, 2.05) is 6.92 Å². The standard InChI is InChI=1S/C13H16N4O3/c1-8-5-15-11(6-14-8)7-16-13(20)17-10-3-2-9(4-10)12(18)19/h2-3,5-6,9-10H,4,7H2,1H3,(H,18,19)(H2,16,17,20). The van der Waals surface area contributed by atoms with E-state index in [0.717, 1.165) is 5.69 Å². The minimum Gasteiger partial charge on any atom is -0.481 e. The molecule has 1 aliphatic rings. The van der Waals surface area contributed by atoms with Gasteiger partial charge in [0.25, 0.3) is 0 Å². The number of urea groups is 1. The molecule has 1 heterocycles. The molecular weight excluding hydrogens is 260 g/mol. The van der Waals surface area contributed by atoms with Crippen LogP contribution < -0.4 is 10.6 Å². The molecule has 0 aliphatic heterocycles. The van der Waals surface area contributed by atoms with Gasteiger partial charge in [-0.3, -0.25) is 14.8 Å². The van der Waals surface area contributed by atoms with Gasteiger partial charge in [-0.15, -0.1) is 0 Å². The average molecular weight is 276 g/mol. The van der Waals surface area contributed by atoms with Crippen LogP contribution in [0.5, 0.6) is 0 Å². The van der Waals surface area contributed by atoms with Crippen LogP contribution in [0.15, 0.2) is 24.5 Å². The highest BCUT2D eigenvalue weighted by atomic mass is 16.4. The normalized spacial score (nSPS) is 20.6. The van der Waals surface area contributed by atoms with Crippen LogP contribution >= 0.6 is 0 Å². The molecule has 1 aromatic rings. The Morgan fingerprint density at radius 1 is 1.35 bits per heavy atom. The number of amides is 2. The lowest BCUT2D eigenvalue weighted by Crippen LogP contribution is -2.40. The monoisotopic (exact) mass is 276 g/mol. The molecule has 1 aliphatic carbocycles. The molecule has 0 saturated heterocycles. The Kier molecular flexibility index (Phi) is 4.29. The Hall–Kier alpha value is -2.44. The minimum absolute atomic E-state index is 0.250. The van der Waals surface area contributed by atoms with Gasteiger partial charge in [0, 0.05) is 6.20 Å². The summed E-state index contributed by atoms with van der Waals surface area (Å²) in [4.78, 5) is 30.6. The van der Waals surface area contributed by atoms with E-state index in [1.165, 1.54) is 0 Å². The zero-order valence-electron chi connectivity index (χ0n) is 11.0. The first-order valence-corrected chi connectivity index (χ1v) is 6.27. The zero-order chi connectivity index (χ0) is 14.5. The Morgan fingerprint density at radius 3 is 2.75 bits per heavy atom. The molecule has 2 rings (SSSR count). The summed E-state index contributed by atoms with van der Waals surface area (Å²) in [5.74, 6) is -1.40. The van der Waals surface area contributed by atoms with E-state index in [1.54, 1.807) is 24.5 Å². The number of carboxylic acids is 1. The van der Waals surface area contributed by atoms with Crippen molar-refractivity contribution in [2.45, 2.75) is 25.9 Å². The third-order valence-electron chi connectivity index (χ3n) is 2.98. The van der Waals surface area contributed by atoms with E-state index in [9.17, 15) is 9.59 Å². The van der Waals surface area contributed by atoms with Crippen LogP contribution in [0.3, 0.4) is 0 Å². The van der Waals surface area contributed by atoms with Crippen molar-refractivity contribution < 1.29 is 14.7 Å². The van der Waals surface area contributed by atoms with Gasteiger partial charge in [0.2, 0.25) is 0 Å². The van der Waals surface area contributed by atoms with Crippen LogP contribution in [0.2, 0.25) is 0 Å². The summed E-state index contributed by atoms with van der Waals surface area (Å²) in [5, 5.41) is 14.2. The van der Waals surface area contributed by atoms with Crippen LogP contribution in [0.4, 0.5) is 4.79 Å². The molecule has 0 radical (unpaired) electrons. The van der Waals surface area contributed by atoms with Crippen molar-refractivity contribution in [2.24, 2.45) is 5.92 Å². The first-order valence-electron chi connectivity index (χ1n) is 6.27. The Balaban J connectivity index is 1.75. The predicted molar refractivity (Wildman–Crippen MR) is 70.8 cm³/mol. The maximum atomic E-state index is 11.7. The fourth-order valence-electron chi connectivity index (χ4n) is 1.89. The molecule has 2 atom stereocenters. The van der Waals surface area contributed by atoms with Crippen LogP contribution in [-0.2, 0) is 11.3 Å². The zero-order valence-corrected chi connectivity index (χ0v) is 11.0. The molecule has 7 nitrogen and oxygen atoms in total. The van der Waals surface area contributed by atoms with Crippen molar-refractivity contribution in [1.82, 2.24) is 20.6 Å². The molecule has 106 valence electrons. The second-order valence-corrected chi connectivity index (χ2v) is 4.65. The maximum Gasteiger partial charge on any atom is 0.315 e. The van der Waals surface area contributed by atoms with Crippen molar-refractivity contribution in [3.8, 4) is 0 Å². The molecule has 2 amide bonds. The molecule has 0 saturated carbocycles. The SMILES string of the molecule is Cc1cnc(CNC(=O)NC2C=CC(C(=O)O)C2)cn1. The highest BCUT2D eigenvalue weighted by molar-refractivity contribution is 5.76. The van der Waals surface area contributed by atoms with Crippen LogP contribution in [0, 0.1) is 12.8 Å². The van der Waals surface area contributed by atoms with Gasteiger partial charge in [0.1, 0.15) is 0 Å². The quantitative estimate of drug-likeness (QED) is 0.699. The molecule has 2 unspecified atom stereocenters. The number of nitrogens with one attached hydrogen (secondary N) is 2. The van der Waals surface area contributed by atoms with Crippen molar-refractivity contribution in [3.05, 3.63) is 35.9 Å². The molecule has 3 N–H and O–H groups in total. The summed E-state index contributed by atoms with van der Waals surface area (Å²) in [7, 11) is 0. The van der Waals surface area contributed by atoms with E-state index >= 15 is 0 Å². The second kappa shape index (κ2) is 6.14. The van der Waals surface area contributed by atoms with Crippen molar-refractivity contribution in [1.29, 1.82) is 0 Å². The van der Waals surface area contributed by atoms with Gasteiger partial charge in [-0.25, -0.2) is 4.79 Å². The van der Waals surface area contributed by atoms with Crippen LogP contribution in [-0.4, -0.2) is 33.1 Å². The number of aromatic nitrogens is 2. The molecule has 0 spiro atoms. The lowest BCUT2D eigenvalue weighted by Gasteiger charge is -2.12. The molecule has 20 heavy (non-hydrogen) atoms. The van der Waals surface area contributed by atoms with Crippen LogP contribution in [0.25, 0.3) is 0 Å². The van der Waals surface area contributed by atoms with Crippen molar-refractivity contribution >= 4 is 12.0 Å². The van der Waals surface area contributed by atoms with Gasteiger partial charge in [-0.1, -0.05) is 12.2 Å². The molecule has 0 bridgehead atoms. The summed E-state index contributed by atoms with van der Waals surface area (Å²) in [6.45, 7) is 2.11. The van der Waals surface area contributed by atoms with E-state index in [2.05, 4.69) is 20.6 Å². The lowest BCUT2D eigenvalue weighted by molar-refractivity contribution is -0.140. The maximum absolute atomic E-state index is 11.7. The molecule has 1 aromatic heterocycles. The smallest absolute Gasteiger partial charge is 0.315 e. The second-order valence-electron chi connectivity index (χ2n) is 4.65. The summed E-state index contributed by atoms with van der Waals surface area (Å²) >= 11 is 0. The van der Waals surface area contributed by atoms with Gasteiger partial charge in [0.05, 0.1) is 36.1 Å². The summed E-state index contributed by atoms with van der Waals surface area (Å²) in [5.41, 5.74) is 1.48. The fraction of sp³-hybridized carbons (Fsp3) is 0.385. The van der Waals surface area contributed by atoms with Gasteiger partial charge in [-0.2, -0.15) is 0 Å². The number of aliphatic carboxylic acids is 1. The molecule has 7 heteroatoms. The number of nitrogens with zero attached hydrogens (tertiary/aromatic N) is 2. The summed E-state index contributed by atoms with van der Waals surface area (Å²) < 4.78 is 0. The highest BCUT2D eigenvalue weighted by Gasteiger charge is 2.25. The Labute approximate surface area is 116 Å². The Morgan fingerprint density at radius 2 is 2.15 bits per heavy atom. The summed E-state index contributed by atoms with van der Waals surface area (Å²) in [6, 6.07) is -0.603. The van der Waals surface area contributed by atoms with E-state index in [-0.39, 0.29) is 18.6 Å². The average Bonchev–Trinajstić information content (AvgIpc) is 2.87. The van der Waals surface area contributed by atoms with E-state index in [0.29, 0.717) is 12.1 Å². The number of hydrogen-bond donors (Lipinski definition) is 3. The number of rotatable bonds is 4. The number of carbonyl (C=O) groups excluding carboxylic acids is 1. The molecular formula is C13H16N4O3. The third kappa shape index (κ3) is 3.78. The molecule has 0 aromatic carbocycles. The first kappa shape index (κ1) is 14.0. The first-order chi connectivity index (χ1) is 9.54. The summed E-state index contributed by atoms with van der Waals surface area (Å²) in [6.07, 6.45) is 6.91. The number of carboxylic acid groups (broad SMARTS) is 1.